The molecule has 0 bridgehead atoms. The molecule has 0 fully saturated rings. The van der Waals surface area contributed by atoms with Crippen LogP contribution in [0.3, 0.4) is 0 Å². The van der Waals surface area contributed by atoms with E-state index < -0.39 is 5.91 Å². The van der Waals surface area contributed by atoms with E-state index in [9.17, 15) is 9.28 Å². The van der Waals surface area contributed by atoms with Crippen molar-refractivity contribution < 1.29 is 9.28 Å². The molecule has 3 rings (SSSR count). The smallest absolute Gasteiger partial charge is 0.266 e. The first-order chi connectivity index (χ1) is 11.6. The van der Waals surface area contributed by atoms with Crippen LogP contribution in [0.1, 0.15) is 26.6 Å². The largest absolute Gasteiger partial charge is 0.286 e. The predicted octanol–water partition coefficient (Wildman–Crippen LogP) is 4.38. The number of aryl methyl sites for hydroxylation is 1. The Morgan fingerprint density at radius 2 is 1.92 bits per heavy atom. The summed E-state index contributed by atoms with van der Waals surface area (Å²) in [4.78, 5) is 16.4. The summed E-state index contributed by atoms with van der Waals surface area (Å²) in [6.07, 6.45) is 0. The molecule has 5 heteroatoms. The van der Waals surface area contributed by atoms with Crippen molar-refractivity contribution in [1.82, 2.24) is 4.98 Å². The lowest BCUT2D eigenvalue weighted by Crippen LogP contribution is -2.21. The van der Waals surface area contributed by atoms with Gasteiger partial charge in [0.25, 0.3) is 5.91 Å². The van der Waals surface area contributed by atoms with Crippen molar-refractivity contribution in [1.29, 1.82) is 0 Å². The Labute approximate surface area is 143 Å². The van der Waals surface area contributed by atoms with E-state index in [1.54, 1.807) is 42.5 Å². The van der Waals surface area contributed by atoms with E-state index in [1.807, 2.05) is 12.3 Å². The molecule has 2 aromatic carbocycles. The predicted molar refractivity (Wildman–Crippen MR) is 93.6 cm³/mol. The quantitative estimate of drug-likeness (QED) is 0.514. The van der Waals surface area contributed by atoms with Crippen molar-refractivity contribution in [2.45, 2.75) is 6.92 Å². The lowest BCUT2D eigenvalue weighted by atomic mass is 10.1. The normalized spacial score (nSPS) is 9.92. The second kappa shape index (κ2) is 7.07. The van der Waals surface area contributed by atoms with Gasteiger partial charge in [-0.15, -0.1) is 16.5 Å². The van der Waals surface area contributed by atoms with Crippen LogP contribution in [0.5, 0.6) is 0 Å². The number of halogens is 1. The van der Waals surface area contributed by atoms with Gasteiger partial charge in [0.05, 0.1) is 10.7 Å². The average Bonchev–Trinajstić information content (AvgIpc) is 3.05. The SMILES string of the molecule is Cc1nc(C#Cc2cccc(N(F)C(=O)c3ccccc3)c2)cs1. The second-order valence-corrected chi connectivity index (χ2v) is 6.07. The van der Waals surface area contributed by atoms with Crippen molar-refractivity contribution >= 4 is 22.9 Å². The minimum atomic E-state index is -0.712. The number of hydrogen-bond donors (Lipinski definition) is 0. The first kappa shape index (κ1) is 15.9. The van der Waals surface area contributed by atoms with Gasteiger partial charge in [0.1, 0.15) is 5.69 Å². The highest BCUT2D eigenvalue weighted by Crippen LogP contribution is 2.19. The second-order valence-electron chi connectivity index (χ2n) is 5.00. The van der Waals surface area contributed by atoms with Gasteiger partial charge in [-0.3, -0.25) is 4.79 Å². The number of thiazole rings is 1. The van der Waals surface area contributed by atoms with E-state index in [1.165, 1.54) is 23.5 Å². The van der Waals surface area contributed by atoms with E-state index in [0.29, 0.717) is 11.3 Å². The summed E-state index contributed by atoms with van der Waals surface area (Å²) in [6.45, 7) is 1.91. The van der Waals surface area contributed by atoms with Crippen molar-refractivity contribution in [3.05, 3.63) is 81.8 Å². The Morgan fingerprint density at radius 3 is 2.62 bits per heavy atom. The van der Waals surface area contributed by atoms with Gasteiger partial charge in [-0.25, -0.2) is 4.98 Å². The van der Waals surface area contributed by atoms with E-state index in [4.69, 9.17) is 0 Å². The van der Waals surface area contributed by atoms with Crippen LogP contribution in [0.15, 0.2) is 60.0 Å². The summed E-state index contributed by atoms with van der Waals surface area (Å²) in [5.74, 6) is 5.16. The van der Waals surface area contributed by atoms with Crippen molar-refractivity contribution in [2.24, 2.45) is 0 Å². The lowest BCUT2D eigenvalue weighted by Gasteiger charge is -2.12. The molecule has 0 radical (unpaired) electrons. The van der Waals surface area contributed by atoms with Gasteiger partial charge >= 0.3 is 0 Å². The van der Waals surface area contributed by atoms with Crippen LogP contribution < -0.4 is 5.12 Å². The van der Waals surface area contributed by atoms with Crippen molar-refractivity contribution in [3.63, 3.8) is 0 Å². The van der Waals surface area contributed by atoms with Gasteiger partial charge in [0.2, 0.25) is 0 Å². The van der Waals surface area contributed by atoms with Crippen LogP contribution in [0, 0.1) is 18.8 Å². The third-order valence-corrected chi connectivity index (χ3v) is 4.00. The summed E-state index contributed by atoms with van der Waals surface area (Å²) in [6, 6.07) is 14.8. The summed E-state index contributed by atoms with van der Waals surface area (Å²) in [7, 11) is 0. The maximum Gasteiger partial charge on any atom is 0.286 e. The molecule has 24 heavy (non-hydrogen) atoms. The Morgan fingerprint density at radius 1 is 1.12 bits per heavy atom. The molecule has 0 aliphatic carbocycles. The van der Waals surface area contributed by atoms with E-state index in [0.717, 1.165) is 5.01 Å². The number of rotatable bonds is 2. The number of aromatic nitrogens is 1. The monoisotopic (exact) mass is 336 g/mol. The molecular formula is C19H13FN2OS. The molecule has 0 aliphatic heterocycles. The number of anilines is 1. The number of nitrogens with zero attached hydrogens (tertiary/aromatic N) is 2. The number of amides is 1. The molecule has 3 aromatic rings. The molecule has 1 heterocycles. The Bertz CT molecular complexity index is 925. The maximum atomic E-state index is 14.4. The summed E-state index contributed by atoms with van der Waals surface area (Å²) in [5, 5.41) is 2.94. The van der Waals surface area contributed by atoms with E-state index in [-0.39, 0.29) is 16.4 Å². The maximum absolute atomic E-state index is 14.4. The van der Waals surface area contributed by atoms with Crippen LogP contribution in [0.25, 0.3) is 0 Å². The average molecular weight is 336 g/mol. The standard InChI is InChI=1S/C19H13FN2OS/c1-14-21-17(13-24-14)11-10-15-6-5-9-18(12-15)22(20)19(23)16-7-3-2-4-8-16/h2-9,12-13H,1H3. The fraction of sp³-hybridized carbons (Fsp3) is 0.0526. The van der Waals surface area contributed by atoms with E-state index >= 15 is 0 Å². The lowest BCUT2D eigenvalue weighted by molar-refractivity contribution is 0.0931. The van der Waals surface area contributed by atoms with Crippen molar-refractivity contribution in [2.75, 3.05) is 5.12 Å². The number of carbonyl (C=O) groups is 1. The fourth-order valence-electron chi connectivity index (χ4n) is 2.07. The van der Waals surface area contributed by atoms with Gasteiger partial charge < -0.3 is 0 Å². The van der Waals surface area contributed by atoms with Gasteiger partial charge in [-0.05, 0) is 43.2 Å². The molecule has 3 nitrogen and oxygen atoms in total. The van der Waals surface area contributed by atoms with E-state index in [2.05, 4.69) is 16.8 Å². The van der Waals surface area contributed by atoms with Crippen LogP contribution in [-0.2, 0) is 0 Å². The molecular weight excluding hydrogens is 323 g/mol. The highest BCUT2D eigenvalue weighted by atomic mass is 32.1. The molecule has 0 spiro atoms. The minimum absolute atomic E-state index is 0.132. The number of hydrogen-bond acceptors (Lipinski definition) is 3. The summed E-state index contributed by atoms with van der Waals surface area (Å²) >= 11 is 1.52. The summed E-state index contributed by atoms with van der Waals surface area (Å²) in [5.41, 5.74) is 1.72. The molecule has 0 unspecified atom stereocenters. The van der Waals surface area contributed by atoms with Crippen LogP contribution in [-0.4, -0.2) is 10.9 Å². The Kier molecular flexibility index (Phi) is 4.69. The van der Waals surface area contributed by atoms with Crippen molar-refractivity contribution in [3.8, 4) is 11.8 Å². The van der Waals surface area contributed by atoms with Gasteiger partial charge in [-0.1, -0.05) is 34.7 Å². The third-order valence-electron chi connectivity index (χ3n) is 3.23. The van der Waals surface area contributed by atoms with Gasteiger partial charge in [0.15, 0.2) is 0 Å². The molecule has 118 valence electrons. The molecule has 0 saturated carbocycles. The molecule has 0 N–H and O–H groups in total. The molecule has 0 aliphatic rings. The van der Waals surface area contributed by atoms with Crippen LogP contribution in [0.2, 0.25) is 0 Å². The first-order valence-electron chi connectivity index (χ1n) is 7.23. The minimum Gasteiger partial charge on any atom is -0.266 e. The Balaban J connectivity index is 1.82. The summed E-state index contributed by atoms with van der Waals surface area (Å²) < 4.78 is 14.4. The molecule has 0 saturated heterocycles. The van der Waals surface area contributed by atoms with Gasteiger partial charge in [-0.2, -0.15) is 0 Å². The fourth-order valence-corrected chi connectivity index (χ4v) is 2.62. The molecule has 0 atom stereocenters. The Hall–Kier alpha value is -2.97. The zero-order chi connectivity index (χ0) is 16.9. The van der Waals surface area contributed by atoms with Crippen LogP contribution >= 0.6 is 11.3 Å². The third kappa shape index (κ3) is 3.67. The zero-order valence-electron chi connectivity index (χ0n) is 12.9. The number of carbonyl (C=O) groups excluding carboxylic acids is 1. The highest BCUT2D eigenvalue weighted by Gasteiger charge is 2.17. The first-order valence-corrected chi connectivity index (χ1v) is 8.11. The van der Waals surface area contributed by atoms with Gasteiger partial charge in [0, 0.05) is 16.5 Å². The molecule has 1 amide bonds. The topological polar surface area (TPSA) is 33.2 Å². The highest BCUT2D eigenvalue weighted by molar-refractivity contribution is 7.09. The zero-order valence-corrected chi connectivity index (χ0v) is 13.7. The van der Waals surface area contributed by atoms with Crippen LogP contribution in [0.4, 0.5) is 10.2 Å². The molecule has 1 aromatic heterocycles. The number of benzene rings is 2.